The van der Waals surface area contributed by atoms with Gasteiger partial charge in [0.15, 0.2) is 0 Å². The van der Waals surface area contributed by atoms with Crippen LogP contribution >= 0.6 is 0 Å². The Hall–Kier alpha value is -1.35. The van der Waals surface area contributed by atoms with Gasteiger partial charge < -0.3 is 10.5 Å². The van der Waals surface area contributed by atoms with Gasteiger partial charge in [0.05, 0.1) is 13.0 Å². The Morgan fingerprint density at radius 2 is 2.08 bits per heavy atom. The summed E-state index contributed by atoms with van der Waals surface area (Å²) >= 11 is 0. The summed E-state index contributed by atoms with van der Waals surface area (Å²) in [6.07, 6.45) is 0. The van der Waals surface area contributed by atoms with Gasteiger partial charge >= 0.3 is 5.97 Å². The first kappa shape index (κ1) is 9.74. The third kappa shape index (κ3) is 2.29. The van der Waals surface area contributed by atoms with E-state index in [4.69, 9.17) is 5.73 Å². The normalized spacial score (nSPS) is 12.2. The van der Waals surface area contributed by atoms with Crippen molar-refractivity contribution in [2.24, 2.45) is 5.73 Å². The number of hydrogen-bond acceptors (Lipinski definition) is 3. The minimum Gasteiger partial charge on any atom is -0.469 e. The van der Waals surface area contributed by atoms with E-state index in [1.54, 1.807) is 0 Å². The molecule has 0 spiro atoms. The molecular weight excluding hydrogens is 166 g/mol. The molecule has 0 radical (unpaired) electrons. The monoisotopic (exact) mass is 179 g/mol. The lowest BCUT2D eigenvalue weighted by atomic mass is 10.00. The lowest BCUT2D eigenvalue weighted by molar-refractivity contribution is -0.142. The highest BCUT2D eigenvalue weighted by molar-refractivity contribution is 5.78. The summed E-state index contributed by atoms with van der Waals surface area (Å²) in [4.78, 5) is 11.2. The molecule has 70 valence electrons. The van der Waals surface area contributed by atoms with Gasteiger partial charge in [-0.1, -0.05) is 30.3 Å². The zero-order valence-corrected chi connectivity index (χ0v) is 7.57. The maximum atomic E-state index is 11.2. The third-order valence-corrected chi connectivity index (χ3v) is 1.92. The maximum Gasteiger partial charge on any atom is 0.314 e. The second-order valence-electron chi connectivity index (χ2n) is 2.72. The number of nitrogens with two attached hydrogens (primary N) is 1. The quantitative estimate of drug-likeness (QED) is 0.701. The van der Waals surface area contributed by atoms with Gasteiger partial charge in [-0.05, 0) is 5.56 Å². The number of carbonyl (C=O) groups excluding carboxylic acids is 1. The first-order valence-corrected chi connectivity index (χ1v) is 4.12. The van der Waals surface area contributed by atoms with Crippen molar-refractivity contribution in [1.82, 2.24) is 0 Å². The van der Waals surface area contributed by atoms with E-state index in [-0.39, 0.29) is 18.4 Å². The van der Waals surface area contributed by atoms with Gasteiger partial charge in [-0.15, -0.1) is 0 Å². The van der Waals surface area contributed by atoms with E-state index in [2.05, 4.69) is 4.74 Å². The van der Waals surface area contributed by atoms with Gasteiger partial charge in [-0.2, -0.15) is 0 Å². The number of hydrogen-bond donors (Lipinski definition) is 1. The van der Waals surface area contributed by atoms with Crippen LogP contribution in [0.5, 0.6) is 0 Å². The topological polar surface area (TPSA) is 52.3 Å². The van der Waals surface area contributed by atoms with Crippen LogP contribution in [0.25, 0.3) is 0 Å². The molecule has 0 fully saturated rings. The smallest absolute Gasteiger partial charge is 0.314 e. The molecule has 0 amide bonds. The second-order valence-corrected chi connectivity index (χ2v) is 2.72. The number of carbonyl (C=O) groups is 1. The van der Waals surface area contributed by atoms with Gasteiger partial charge in [0, 0.05) is 6.54 Å². The fourth-order valence-electron chi connectivity index (χ4n) is 1.20. The fraction of sp³-hybridized carbons (Fsp3) is 0.300. The number of methoxy groups -OCH3 is 1. The SMILES string of the molecule is COC(=O)[C@@H](CN)c1ccccc1. The Kier molecular flexibility index (Phi) is 3.46. The van der Waals surface area contributed by atoms with Crippen molar-refractivity contribution in [3.8, 4) is 0 Å². The number of esters is 1. The van der Waals surface area contributed by atoms with Crippen LogP contribution in [0.2, 0.25) is 0 Å². The molecule has 3 nitrogen and oxygen atoms in total. The molecule has 0 bridgehead atoms. The van der Waals surface area contributed by atoms with Crippen LogP contribution in [0.3, 0.4) is 0 Å². The zero-order valence-electron chi connectivity index (χ0n) is 7.57. The molecular formula is C10H13NO2. The molecule has 13 heavy (non-hydrogen) atoms. The average Bonchev–Trinajstić information content (AvgIpc) is 2.20. The molecule has 2 N–H and O–H groups in total. The largest absolute Gasteiger partial charge is 0.469 e. The summed E-state index contributed by atoms with van der Waals surface area (Å²) in [6, 6.07) is 9.39. The Bertz CT molecular complexity index is 272. The summed E-state index contributed by atoms with van der Waals surface area (Å²) < 4.78 is 4.64. The van der Waals surface area contributed by atoms with Crippen LogP contribution in [-0.2, 0) is 9.53 Å². The number of rotatable bonds is 3. The Labute approximate surface area is 77.5 Å². The summed E-state index contributed by atoms with van der Waals surface area (Å²) in [6.45, 7) is 0.274. The summed E-state index contributed by atoms with van der Waals surface area (Å²) in [5, 5.41) is 0. The van der Waals surface area contributed by atoms with Crippen LogP contribution in [-0.4, -0.2) is 19.6 Å². The highest BCUT2D eigenvalue weighted by atomic mass is 16.5. The van der Waals surface area contributed by atoms with Crippen LogP contribution in [0, 0.1) is 0 Å². The molecule has 0 unspecified atom stereocenters. The molecule has 1 rings (SSSR count). The lowest BCUT2D eigenvalue weighted by Crippen LogP contribution is -2.22. The minimum atomic E-state index is -0.341. The summed E-state index contributed by atoms with van der Waals surface area (Å²) in [5.41, 5.74) is 6.38. The molecule has 1 aromatic rings. The van der Waals surface area contributed by atoms with Gasteiger partial charge in [0.1, 0.15) is 0 Å². The predicted octanol–water partition coefficient (Wildman–Crippen LogP) is 0.902. The Balaban J connectivity index is 2.85. The molecule has 3 heteroatoms. The van der Waals surface area contributed by atoms with E-state index in [0.717, 1.165) is 5.56 Å². The van der Waals surface area contributed by atoms with E-state index in [0.29, 0.717) is 0 Å². The number of ether oxygens (including phenoxy) is 1. The molecule has 0 saturated carbocycles. The van der Waals surface area contributed by atoms with Crippen LogP contribution in [0.4, 0.5) is 0 Å². The number of benzene rings is 1. The van der Waals surface area contributed by atoms with Gasteiger partial charge in [0.2, 0.25) is 0 Å². The molecule has 1 aromatic carbocycles. The van der Waals surface area contributed by atoms with Crippen LogP contribution in [0.15, 0.2) is 30.3 Å². The standard InChI is InChI=1S/C10H13NO2/c1-13-10(12)9(7-11)8-5-3-2-4-6-8/h2-6,9H,7,11H2,1H3/t9-/m0/s1. The second kappa shape index (κ2) is 4.62. The van der Waals surface area contributed by atoms with E-state index in [9.17, 15) is 4.79 Å². The molecule has 0 heterocycles. The first-order chi connectivity index (χ1) is 6.29. The van der Waals surface area contributed by atoms with Crippen molar-refractivity contribution in [2.75, 3.05) is 13.7 Å². The first-order valence-electron chi connectivity index (χ1n) is 4.12. The van der Waals surface area contributed by atoms with E-state index < -0.39 is 0 Å². The molecule has 0 aliphatic rings. The highest BCUT2D eigenvalue weighted by Crippen LogP contribution is 2.14. The Morgan fingerprint density at radius 1 is 1.46 bits per heavy atom. The molecule has 0 saturated heterocycles. The van der Waals surface area contributed by atoms with Gasteiger partial charge in [0.25, 0.3) is 0 Å². The third-order valence-electron chi connectivity index (χ3n) is 1.92. The van der Waals surface area contributed by atoms with E-state index in [1.807, 2.05) is 30.3 Å². The molecule has 0 aliphatic carbocycles. The molecule has 0 aliphatic heterocycles. The van der Waals surface area contributed by atoms with Crippen molar-refractivity contribution < 1.29 is 9.53 Å². The Morgan fingerprint density at radius 3 is 2.54 bits per heavy atom. The zero-order chi connectivity index (χ0) is 9.68. The summed E-state index contributed by atoms with van der Waals surface area (Å²) in [5.74, 6) is -0.625. The summed E-state index contributed by atoms with van der Waals surface area (Å²) in [7, 11) is 1.37. The van der Waals surface area contributed by atoms with Crippen LogP contribution in [0.1, 0.15) is 11.5 Å². The molecule has 0 aromatic heterocycles. The van der Waals surface area contributed by atoms with Crippen LogP contribution < -0.4 is 5.73 Å². The van der Waals surface area contributed by atoms with E-state index >= 15 is 0 Å². The minimum absolute atomic E-state index is 0.274. The van der Waals surface area contributed by atoms with Crippen molar-refractivity contribution in [3.05, 3.63) is 35.9 Å². The van der Waals surface area contributed by atoms with Gasteiger partial charge in [-0.25, -0.2) is 0 Å². The van der Waals surface area contributed by atoms with E-state index in [1.165, 1.54) is 7.11 Å². The fourth-order valence-corrected chi connectivity index (χ4v) is 1.20. The van der Waals surface area contributed by atoms with Crippen molar-refractivity contribution in [3.63, 3.8) is 0 Å². The molecule has 1 atom stereocenters. The average molecular weight is 179 g/mol. The van der Waals surface area contributed by atoms with Crippen molar-refractivity contribution >= 4 is 5.97 Å². The maximum absolute atomic E-state index is 11.2. The van der Waals surface area contributed by atoms with Crippen molar-refractivity contribution in [1.29, 1.82) is 0 Å². The van der Waals surface area contributed by atoms with Gasteiger partial charge in [-0.3, -0.25) is 4.79 Å². The predicted molar refractivity (Wildman–Crippen MR) is 50.3 cm³/mol. The highest BCUT2D eigenvalue weighted by Gasteiger charge is 2.18. The van der Waals surface area contributed by atoms with Crippen molar-refractivity contribution in [2.45, 2.75) is 5.92 Å². The lowest BCUT2D eigenvalue weighted by Gasteiger charge is -2.11.